The van der Waals surface area contributed by atoms with Gasteiger partial charge in [0.15, 0.2) is 11.3 Å². The predicted molar refractivity (Wildman–Crippen MR) is 64.2 cm³/mol. The van der Waals surface area contributed by atoms with Crippen LogP contribution in [0.3, 0.4) is 0 Å². The van der Waals surface area contributed by atoms with E-state index in [2.05, 4.69) is 37.8 Å². The molecule has 6 heteroatoms. The van der Waals surface area contributed by atoms with Crippen LogP contribution >= 0.6 is 15.9 Å². The van der Waals surface area contributed by atoms with Crippen LogP contribution in [0.15, 0.2) is 17.1 Å². The monoisotopic (exact) mass is 284 g/mol. The van der Waals surface area contributed by atoms with Crippen LogP contribution in [0.4, 0.5) is 0 Å². The predicted octanol–water partition coefficient (Wildman–Crippen LogP) is 2.19. The Bertz CT molecular complexity index is 485. The maximum atomic E-state index is 5.19. The molecule has 0 spiro atoms. The molecule has 0 aromatic carbocycles. The molecule has 2 rings (SSSR count). The highest BCUT2D eigenvalue weighted by Gasteiger charge is 2.13. The first-order valence-electron chi connectivity index (χ1n) is 5.10. The average Bonchev–Trinajstić information content (AvgIpc) is 2.69. The molecular weight excluding hydrogens is 272 g/mol. The highest BCUT2D eigenvalue weighted by molar-refractivity contribution is 9.10. The fourth-order valence-electron chi connectivity index (χ4n) is 1.64. The smallest absolute Gasteiger partial charge is 0.197 e. The van der Waals surface area contributed by atoms with E-state index < -0.39 is 0 Å². The molecule has 5 nitrogen and oxygen atoms in total. The van der Waals surface area contributed by atoms with Crippen molar-refractivity contribution in [3.05, 3.63) is 17.1 Å². The number of fused-ring (bicyclic) bond motifs is 1. The van der Waals surface area contributed by atoms with Crippen molar-refractivity contribution in [2.75, 3.05) is 13.7 Å². The topological polar surface area (TPSA) is 52.8 Å². The average molecular weight is 285 g/mol. The van der Waals surface area contributed by atoms with Crippen molar-refractivity contribution in [3.63, 3.8) is 0 Å². The van der Waals surface area contributed by atoms with Crippen LogP contribution in [0.1, 0.15) is 19.4 Å². The first kappa shape index (κ1) is 11.5. The molecule has 2 aromatic rings. The maximum Gasteiger partial charge on any atom is 0.197 e. The summed E-state index contributed by atoms with van der Waals surface area (Å²) in [5.41, 5.74) is 1.45. The summed E-state index contributed by atoms with van der Waals surface area (Å²) in [6.45, 7) is 2.76. The summed E-state index contributed by atoms with van der Waals surface area (Å²) >= 11 is 3.32. The lowest BCUT2D eigenvalue weighted by Gasteiger charge is -2.15. The van der Waals surface area contributed by atoms with E-state index in [1.807, 2.05) is 4.57 Å². The normalized spacial score (nSPS) is 13.2. The van der Waals surface area contributed by atoms with E-state index in [-0.39, 0.29) is 6.04 Å². The Morgan fingerprint density at radius 3 is 3.00 bits per heavy atom. The van der Waals surface area contributed by atoms with Gasteiger partial charge in [-0.15, -0.1) is 0 Å². The number of rotatable bonds is 4. The minimum Gasteiger partial charge on any atom is -0.383 e. The van der Waals surface area contributed by atoms with Crippen LogP contribution in [-0.4, -0.2) is 33.2 Å². The largest absolute Gasteiger partial charge is 0.383 e. The van der Waals surface area contributed by atoms with Crippen molar-refractivity contribution < 1.29 is 4.74 Å². The Morgan fingerprint density at radius 2 is 2.31 bits per heavy atom. The summed E-state index contributed by atoms with van der Waals surface area (Å²) in [5, 5.41) is 0. The molecule has 0 aliphatic heterocycles. The van der Waals surface area contributed by atoms with Gasteiger partial charge in [-0.25, -0.2) is 15.0 Å². The van der Waals surface area contributed by atoms with E-state index in [9.17, 15) is 0 Å². The molecule has 0 saturated carbocycles. The van der Waals surface area contributed by atoms with Gasteiger partial charge in [-0.05, 0) is 22.4 Å². The van der Waals surface area contributed by atoms with E-state index in [1.165, 1.54) is 0 Å². The van der Waals surface area contributed by atoms with Crippen molar-refractivity contribution in [3.8, 4) is 0 Å². The zero-order valence-electron chi connectivity index (χ0n) is 9.22. The van der Waals surface area contributed by atoms with E-state index in [1.54, 1.807) is 19.6 Å². The molecule has 0 bridgehead atoms. The number of hydrogen-bond donors (Lipinski definition) is 0. The number of methoxy groups -OCH3 is 1. The minimum absolute atomic E-state index is 0.249. The third kappa shape index (κ3) is 2.08. The van der Waals surface area contributed by atoms with Crippen LogP contribution in [0.25, 0.3) is 11.3 Å². The second kappa shape index (κ2) is 4.88. The van der Waals surface area contributed by atoms with E-state index in [0.717, 1.165) is 12.1 Å². The Balaban J connectivity index is 2.46. The Hall–Kier alpha value is -1.01. The first-order chi connectivity index (χ1) is 7.76. The van der Waals surface area contributed by atoms with Crippen molar-refractivity contribution >= 4 is 27.2 Å². The number of imidazole rings is 1. The molecule has 0 aliphatic rings. The zero-order valence-corrected chi connectivity index (χ0v) is 10.8. The fourth-order valence-corrected chi connectivity index (χ4v) is 1.91. The maximum absolute atomic E-state index is 5.19. The van der Waals surface area contributed by atoms with Gasteiger partial charge in [0.25, 0.3) is 0 Å². The van der Waals surface area contributed by atoms with Gasteiger partial charge in [-0.1, -0.05) is 6.92 Å². The van der Waals surface area contributed by atoms with Crippen LogP contribution in [-0.2, 0) is 4.74 Å². The van der Waals surface area contributed by atoms with E-state index in [4.69, 9.17) is 4.74 Å². The summed E-state index contributed by atoms with van der Waals surface area (Å²) in [5.74, 6) is 0. The number of nitrogens with zero attached hydrogens (tertiary/aromatic N) is 4. The highest BCUT2D eigenvalue weighted by atomic mass is 79.9. The first-order valence-corrected chi connectivity index (χ1v) is 5.89. The lowest BCUT2D eigenvalue weighted by Crippen LogP contribution is -2.13. The lowest BCUT2D eigenvalue weighted by atomic mass is 10.2. The van der Waals surface area contributed by atoms with Crippen LogP contribution in [0, 0.1) is 0 Å². The van der Waals surface area contributed by atoms with Crippen molar-refractivity contribution in [2.24, 2.45) is 0 Å². The molecule has 0 aliphatic carbocycles. The van der Waals surface area contributed by atoms with Gasteiger partial charge in [0.1, 0.15) is 4.60 Å². The summed E-state index contributed by atoms with van der Waals surface area (Å²) in [6.07, 6.45) is 4.38. The van der Waals surface area contributed by atoms with Gasteiger partial charge < -0.3 is 9.30 Å². The summed E-state index contributed by atoms with van der Waals surface area (Å²) in [6, 6.07) is 0.249. The third-order valence-corrected chi connectivity index (χ3v) is 2.86. The van der Waals surface area contributed by atoms with Gasteiger partial charge in [0.05, 0.1) is 25.2 Å². The summed E-state index contributed by atoms with van der Waals surface area (Å²) in [4.78, 5) is 12.8. The fraction of sp³-hybridized carbons (Fsp3) is 0.500. The lowest BCUT2D eigenvalue weighted by molar-refractivity contribution is 0.154. The SMILES string of the molecule is CCC(COC)n1cnc2ncc(Br)nc21. The van der Waals surface area contributed by atoms with Crippen molar-refractivity contribution in [1.82, 2.24) is 19.5 Å². The van der Waals surface area contributed by atoms with Gasteiger partial charge in [-0.3, -0.25) is 0 Å². The molecule has 2 heterocycles. The molecule has 0 fully saturated rings. The van der Waals surface area contributed by atoms with E-state index in [0.29, 0.717) is 16.9 Å². The number of hydrogen-bond acceptors (Lipinski definition) is 4. The number of halogens is 1. The number of ether oxygens (including phenoxy) is 1. The van der Waals surface area contributed by atoms with Crippen LogP contribution in [0.5, 0.6) is 0 Å². The molecule has 1 atom stereocenters. The third-order valence-electron chi connectivity index (χ3n) is 2.48. The Morgan fingerprint density at radius 1 is 1.50 bits per heavy atom. The summed E-state index contributed by atoms with van der Waals surface area (Å²) in [7, 11) is 1.70. The molecule has 86 valence electrons. The van der Waals surface area contributed by atoms with Gasteiger partial charge in [-0.2, -0.15) is 0 Å². The molecule has 16 heavy (non-hydrogen) atoms. The van der Waals surface area contributed by atoms with Crippen LogP contribution in [0.2, 0.25) is 0 Å². The van der Waals surface area contributed by atoms with Gasteiger partial charge >= 0.3 is 0 Å². The Labute approximate surface area is 102 Å². The molecular formula is C10H13BrN4O. The standard InChI is InChI=1S/C10H13BrN4O/c1-3-7(5-16-2)15-6-13-9-10(15)14-8(11)4-12-9/h4,6-7H,3,5H2,1-2H3. The minimum atomic E-state index is 0.249. The van der Waals surface area contributed by atoms with Gasteiger partial charge in [0, 0.05) is 7.11 Å². The second-order valence-electron chi connectivity index (χ2n) is 3.51. The van der Waals surface area contributed by atoms with E-state index >= 15 is 0 Å². The number of aromatic nitrogens is 4. The molecule has 0 N–H and O–H groups in total. The quantitative estimate of drug-likeness (QED) is 0.864. The van der Waals surface area contributed by atoms with Gasteiger partial charge in [0.2, 0.25) is 0 Å². The second-order valence-corrected chi connectivity index (χ2v) is 4.32. The molecule has 0 saturated heterocycles. The molecule has 0 radical (unpaired) electrons. The molecule has 2 aromatic heterocycles. The van der Waals surface area contributed by atoms with Crippen molar-refractivity contribution in [1.29, 1.82) is 0 Å². The van der Waals surface area contributed by atoms with Crippen LogP contribution < -0.4 is 0 Å². The summed E-state index contributed by atoms with van der Waals surface area (Å²) < 4.78 is 7.92. The molecule has 0 amide bonds. The zero-order chi connectivity index (χ0) is 11.5. The molecule has 1 unspecified atom stereocenters. The highest BCUT2D eigenvalue weighted by Crippen LogP contribution is 2.18. The van der Waals surface area contributed by atoms with Crippen molar-refractivity contribution in [2.45, 2.75) is 19.4 Å². The Kier molecular flexibility index (Phi) is 3.50.